The van der Waals surface area contributed by atoms with Gasteiger partial charge in [0.15, 0.2) is 0 Å². The number of hydrogen-bond acceptors (Lipinski definition) is 7. The zero-order valence-corrected chi connectivity index (χ0v) is 15.1. The average Bonchev–Trinajstić information content (AvgIpc) is 2.91. The second-order valence-electron chi connectivity index (χ2n) is 6.18. The van der Waals surface area contributed by atoms with Gasteiger partial charge in [-0.15, -0.1) is 0 Å². The molecule has 0 radical (unpaired) electrons. The number of aromatic hydroxyl groups is 1. The Kier molecular flexibility index (Phi) is 5.45. The van der Waals surface area contributed by atoms with Gasteiger partial charge >= 0.3 is 5.69 Å². The van der Waals surface area contributed by atoms with Crippen molar-refractivity contribution in [3.63, 3.8) is 0 Å². The fraction of sp³-hybridized carbons (Fsp3) is 0.353. The number of nitro benzene ring substituents is 1. The van der Waals surface area contributed by atoms with E-state index in [9.17, 15) is 29.6 Å². The summed E-state index contributed by atoms with van der Waals surface area (Å²) in [6.07, 6.45) is 4.08. The van der Waals surface area contributed by atoms with Crippen molar-refractivity contribution in [3.8, 4) is 5.75 Å². The Balaban J connectivity index is 1.78. The van der Waals surface area contributed by atoms with Crippen molar-refractivity contribution in [3.05, 3.63) is 38.8 Å². The monoisotopic (exact) mass is 391 g/mol. The van der Waals surface area contributed by atoms with E-state index in [4.69, 9.17) is 0 Å². The van der Waals surface area contributed by atoms with E-state index >= 15 is 0 Å². The maximum absolute atomic E-state index is 12.5. The number of nitro groups is 1. The van der Waals surface area contributed by atoms with E-state index in [1.54, 1.807) is 4.90 Å². The molecule has 0 aromatic heterocycles. The largest absolute Gasteiger partial charge is 0.502 e. The molecule has 3 rings (SSSR count). The topological polar surface area (TPSA) is 121 Å². The quantitative estimate of drug-likeness (QED) is 0.475. The standard InChI is InChI=1S/C17H17N3O6S/c21-14(18-7-2-1-3-8-18)10-19-16(23)13(27-17(19)24)9-11-5-4-6-12(15(11)22)20(25)26/h4-6,9,22H,1-3,7-8,10H2. The third-order valence-electron chi connectivity index (χ3n) is 4.40. The number of benzene rings is 1. The van der Waals surface area contributed by atoms with E-state index in [-0.39, 0.29) is 22.9 Å². The lowest BCUT2D eigenvalue weighted by Crippen LogP contribution is -2.44. The molecule has 2 heterocycles. The van der Waals surface area contributed by atoms with Crippen LogP contribution in [-0.2, 0) is 9.59 Å². The molecule has 0 atom stereocenters. The molecule has 27 heavy (non-hydrogen) atoms. The first kappa shape index (κ1) is 18.9. The van der Waals surface area contributed by atoms with Crippen LogP contribution in [0.1, 0.15) is 24.8 Å². The molecule has 0 unspecified atom stereocenters. The number of nitrogens with zero attached hydrogens (tertiary/aromatic N) is 3. The molecule has 142 valence electrons. The number of hydrogen-bond donors (Lipinski definition) is 1. The second-order valence-corrected chi connectivity index (χ2v) is 7.17. The average molecular weight is 391 g/mol. The number of carbonyl (C=O) groups is 3. The van der Waals surface area contributed by atoms with Crippen molar-refractivity contribution < 1.29 is 24.4 Å². The molecule has 9 nitrogen and oxygen atoms in total. The van der Waals surface area contributed by atoms with Gasteiger partial charge in [-0.25, -0.2) is 0 Å². The minimum Gasteiger partial charge on any atom is -0.502 e. The number of carbonyl (C=O) groups excluding carboxylic acids is 3. The van der Waals surface area contributed by atoms with E-state index in [0.717, 1.165) is 30.2 Å². The van der Waals surface area contributed by atoms with E-state index < -0.39 is 27.5 Å². The molecule has 1 aromatic carbocycles. The maximum Gasteiger partial charge on any atom is 0.311 e. The van der Waals surface area contributed by atoms with Crippen molar-refractivity contribution in [2.45, 2.75) is 19.3 Å². The molecule has 0 bridgehead atoms. The highest BCUT2D eigenvalue weighted by molar-refractivity contribution is 8.18. The summed E-state index contributed by atoms with van der Waals surface area (Å²) in [5.41, 5.74) is -0.444. The molecule has 10 heteroatoms. The molecule has 2 aliphatic heterocycles. The first-order chi connectivity index (χ1) is 12.9. The highest BCUT2D eigenvalue weighted by Gasteiger charge is 2.37. The first-order valence-electron chi connectivity index (χ1n) is 8.38. The van der Waals surface area contributed by atoms with E-state index in [0.29, 0.717) is 24.9 Å². The summed E-state index contributed by atoms with van der Waals surface area (Å²) in [6.45, 7) is 0.905. The van der Waals surface area contributed by atoms with E-state index in [2.05, 4.69) is 0 Å². The van der Waals surface area contributed by atoms with Gasteiger partial charge in [-0.1, -0.05) is 12.1 Å². The minimum atomic E-state index is -0.740. The Morgan fingerprint density at radius 3 is 2.63 bits per heavy atom. The Morgan fingerprint density at radius 2 is 1.96 bits per heavy atom. The SMILES string of the molecule is O=C(CN1C(=O)SC(=Cc2cccc([N+](=O)[O-])c2O)C1=O)N1CCCCC1. The Morgan fingerprint density at radius 1 is 1.26 bits per heavy atom. The number of para-hydroxylation sites is 1. The second kappa shape index (κ2) is 7.78. The molecule has 0 saturated carbocycles. The van der Waals surface area contributed by atoms with Crippen molar-refractivity contribution in [2.24, 2.45) is 0 Å². The van der Waals surface area contributed by atoms with Gasteiger partial charge in [0.05, 0.1) is 9.83 Å². The number of amides is 3. The summed E-state index contributed by atoms with van der Waals surface area (Å²) in [4.78, 5) is 49.6. The van der Waals surface area contributed by atoms with Crippen molar-refractivity contribution >= 4 is 40.6 Å². The highest BCUT2D eigenvalue weighted by Crippen LogP contribution is 2.36. The van der Waals surface area contributed by atoms with Crippen LogP contribution < -0.4 is 0 Å². The van der Waals surface area contributed by atoms with Gasteiger partial charge in [-0.3, -0.25) is 29.4 Å². The molecule has 2 aliphatic rings. The molecule has 1 N–H and O–H groups in total. The predicted molar refractivity (Wildman–Crippen MR) is 97.9 cm³/mol. The molecule has 2 saturated heterocycles. The van der Waals surface area contributed by atoms with Crippen LogP contribution in [-0.4, -0.2) is 56.5 Å². The lowest BCUT2D eigenvalue weighted by Gasteiger charge is -2.27. The lowest BCUT2D eigenvalue weighted by atomic mass is 10.1. The zero-order valence-electron chi connectivity index (χ0n) is 14.3. The van der Waals surface area contributed by atoms with E-state index in [1.165, 1.54) is 18.2 Å². The zero-order chi connectivity index (χ0) is 19.6. The van der Waals surface area contributed by atoms with Crippen molar-refractivity contribution in [1.82, 2.24) is 9.80 Å². The number of likely N-dealkylation sites (tertiary alicyclic amines) is 1. The Hall–Kier alpha value is -2.88. The number of imide groups is 1. The summed E-state index contributed by atoms with van der Waals surface area (Å²) >= 11 is 0.635. The van der Waals surface area contributed by atoms with Gasteiger partial charge < -0.3 is 10.0 Å². The van der Waals surface area contributed by atoms with Crippen molar-refractivity contribution in [2.75, 3.05) is 19.6 Å². The Bertz CT molecular complexity index is 847. The van der Waals surface area contributed by atoms with Gasteiger partial charge in [0.2, 0.25) is 11.7 Å². The number of phenolic OH excluding ortho intramolecular Hbond substituents is 1. The number of phenols is 1. The summed E-state index contributed by atoms with van der Waals surface area (Å²) < 4.78 is 0. The van der Waals surface area contributed by atoms with Crippen molar-refractivity contribution in [1.29, 1.82) is 0 Å². The summed E-state index contributed by atoms with van der Waals surface area (Å²) in [5.74, 6) is -1.52. The molecule has 3 amide bonds. The molecule has 0 aliphatic carbocycles. The van der Waals surface area contributed by atoms with Crippen LogP contribution in [0.5, 0.6) is 5.75 Å². The molecular weight excluding hydrogens is 374 g/mol. The molecule has 0 spiro atoms. The summed E-state index contributed by atoms with van der Waals surface area (Å²) in [7, 11) is 0. The summed E-state index contributed by atoms with van der Waals surface area (Å²) in [6, 6.07) is 3.90. The van der Waals surface area contributed by atoms with Crippen LogP contribution >= 0.6 is 11.8 Å². The lowest BCUT2D eigenvalue weighted by molar-refractivity contribution is -0.385. The normalized spacial score (nSPS) is 19.0. The molecule has 1 aromatic rings. The van der Waals surface area contributed by atoms with Gasteiger partial charge in [0, 0.05) is 24.7 Å². The van der Waals surface area contributed by atoms with Crippen LogP contribution in [0, 0.1) is 10.1 Å². The van der Waals surface area contributed by atoms with Crippen LogP contribution in [0.2, 0.25) is 0 Å². The predicted octanol–water partition coefficient (Wildman–Crippen LogP) is 2.35. The van der Waals surface area contributed by atoms with Gasteiger partial charge in [0.25, 0.3) is 11.1 Å². The third-order valence-corrected chi connectivity index (χ3v) is 5.31. The summed E-state index contributed by atoms with van der Waals surface area (Å²) in [5, 5.41) is 20.3. The fourth-order valence-electron chi connectivity index (χ4n) is 2.97. The maximum atomic E-state index is 12.5. The fourth-order valence-corrected chi connectivity index (χ4v) is 3.80. The van der Waals surface area contributed by atoms with Crippen LogP contribution in [0.4, 0.5) is 10.5 Å². The van der Waals surface area contributed by atoms with Gasteiger partial charge in [0.1, 0.15) is 6.54 Å². The highest BCUT2D eigenvalue weighted by atomic mass is 32.2. The van der Waals surface area contributed by atoms with E-state index in [1.807, 2.05) is 0 Å². The van der Waals surface area contributed by atoms with Crippen LogP contribution in [0.25, 0.3) is 6.08 Å². The van der Waals surface area contributed by atoms with Gasteiger partial charge in [-0.05, 0) is 37.1 Å². The number of rotatable bonds is 4. The third kappa shape index (κ3) is 3.95. The number of piperidine rings is 1. The van der Waals surface area contributed by atoms with Crippen LogP contribution in [0.3, 0.4) is 0 Å². The molecule has 2 fully saturated rings. The molecular formula is C17H17N3O6S. The van der Waals surface area contributed by atoms with Crippen LogP contribution in [0.15, 0.2) is 23.1 Å². The number of thioether (sulfide) groups is 1. The van der Waals surface area contributed by atoms with Gasteiger partial charge in [-0.2, -0.15) is 0 Å². The Labute approximate surface area is 158 Å². The smallest absolute Gasteiger partial charge is 0.311 e. The minimum absolute atomic E-state index is 0.00208. The first-order valence-corrected chi connectivity index (χ1v) is 9.19.